The normalized spacial score (nSPS) is 19.3. The van der Waals surface area contributed by atoms with Gasteiger partial charge in [-0.15, -0.1) is 0 Å². The van der Waals surface area contributed by atoms with Gasteiger partial charge in [0.05, 0.1) is 6.07 Å². The van der Waals surface area contributed by atoms with Gasteiger partial charge in [-0.1, -0.05) is 6.07 Å². The molecule has 1 aromatic carbocycles. The Morgan fingerprint density at radius 1 is 1.26 bits per heavy atom. The molecular formula is C16H20N2O. The van der Waals surface area contributed by atoms with Gasteiger partial charge in [0.15, 0.2) is 0 Å². The summed E-state index contributed by atoms with van der Waals surface area (Å²) in [4.78, 5) is 0. The number of aryl methyl sites for hydroxylation is 2. The van der Waals surface area contributed by atoms with E-state index in [4.69, 9.17) is 10.00 Å². The molecule has 2 aliphatic rings. The van der Waals surface area contributed by atoms with Crippen molar-refractivity contribution in [2.75, 3.05) is 6.61 Å². The first-order valence-electron chi connectivity index (χ1n) is 7.25. The van der Waals surface area contributed by atoms with Crippen LogP contribution in [0.4, 0.5) is 0 Å². The van der Waals surface area contributed by atoms with E-state index in [1.54, 1.807) is 0 Å². The summed E-state index contributed by atoms with van der Waals surface area (Å²) in [5.41, 5.74) is 2.89. The molecule has 0 aromatic heterocycles. The number of nitrogens with one attached hydrogen (secondary N) is 1. The number of nitriles is 1. The molecule has 1 fully saturated rings. The van der Waals surface area contributed by atoms with E-state index in [9.17, 15) is 0 Å². The van der Waals surface area contributed by atoms with Crippen LogP contribution < -0.4 is 10.1 Å². The predicted octanol–water partition coefficient (Wildman–Crippen LogP) is 2.59. The van der Waals surface area contributed by atoms with Crippen LogP contribution >= 0.6 is 0 Å². The van der Waals surface area contributed by atoms with Crippen LogP contribution in [0.5, 0.6) is 5.75 Å². The van der Waals surface area contributed by atoms with E-state index >= 15 is 0 Å². The third-order valence-corrected chi connectivity index (χ3v) is 3.91. The topological polar surface area (TPSA) is 45.0 Å². The zero-order chi connectivity index (χ0) is 13.1. The summed E-state index contributed by atoms with van der Waals surface area (Å²) in [5.74, 6) is 0.901. The molecular weight excluding hydrogens is 236 g/mol. The largest absolute Gasteiger partial charge is 0.491 e. The summed E-state index contributed by atoms with van der Waals surface area (Å²) >= 11 is 0. The molecule has 1 atom stereocenters. The Bertz CT molecular complexity index is 488. The molecule has 0 spiro atoms. The summed E-state index contributed by atoms with van der Waals surface area (Å²) in [7, 11) is 0. The summed E-state index contributed by atoms with van der Waals surface area (Å²) in [6, 6.07) is 8.99. The summed E-state index contributed by atoms with van der Waals surface area (Å²) in [5, 5.41) is 12.4. The van der Waals surface area contributed by atoms with Crippen LogP contribution in [0, 0.1) is 11.3 Å². The van der Waals surface area contributed by atoms with Gasteiger partial charge in [0.25, 0.3) is 0 Å². The van der Waals surface area contributed by atoms with Crippen LogP contribution in [0.3, 0.4) is 0 Å². The van der Waals surface area contributed by atoms with E-state index in [1.165, 1.54) is 43.2 Å². The van der Waals surface area contributed by atoms with Crippen LogP contribution in [-0.2, 0) is 12.8 Å². The Morgan fingerprint density at radius 2 is 2.05 bits per heavy atom. The molecule has 0 radical (unpaired) electrons. The second-order valence-corrected chi connectivity index (χ2v) is 5.57. The number of nitrogens with zero attached hydrogens (tertiary/aromatic N) is 1. The van der Waals surface area contributed by atoms with Gasteiger partial charge in [0.2, 0.25) is 0 Å². The van der Waals surface area contributed by atoms with Crippen molar-refractivity contribution >= 4 is 0 Å². The summed E-state index contributed by atoms with van der Waals surface area (Å²) in [6.45, 7) is 0.436. The first-order valence-corrected chi connectivity index (χ1v) is 7.25. The molecule has 0 heterocycles. The summed E-state index contributed by atoms with van der Waals surface area (Å²) < 4.78 is 5.77. The molecule has 1 N–H and O–H groups in total. The van der Waals surface area contributed by atoms with Crippen LogP contribution in [0.2, 0.25) is 0 Å². The zero-order valence-electron chi connectivity index (χ0n) is 11.2. The van der Waals surface area contributed by atoms with Crippen molar-refractivity contribution in [2.24, 2.45) is 0 Å². The number of rotatable bonds is 5. The number of ether oxygens (including phenoxy) is 1. The third kappa shape index (κ3) is 3.27. The van der Waals surface area contributed by atoms with E-state index in [-0.39, 0.29) is 6.04 Å². The van der Waals surface area contributed by atoms with Crippen molar-refractivity contribution in [1.29, 1.82) is 5.26 Å². The molecule has 1 aromatic rings. The lowest BCUT2D eigenvalue weighted by Crippen LogP contribution is -2.34. The molecule has 2 aliphatic carbocycles. The molecule has 1 unspecified atom stereocenters. The van der Waals surface area contributed by atoms with Gasteiger partial charge >= 0.3 is 0 Å². The Hall–Kier alpha value is -1.53. The fourth-order valence-electron chi connectivity index (χ4n) is 2.64. The molecule has 0 bridgehead atoms. The highest BCUT2D eigenvalue weighted by Crippen LogP contribution is 2.25. The fraction of sp³-hybridized carbons (Fsp3) is 0.562. The summed E-state index contributed by atoms with van der Waals surface area (Å²) in [6.07, 6.45) is 7.32. The highest BCUT2D eigenvalue weighted by atomic mass is 16.5. The molecule has 19 heavy (non-hydrogen) atoms. The van der Waals surface area contributed by atoms with Crippen LogP contribution in [0.25, 0.3) is 0 Å². The molecule has 100 valence electrons. The van der Waals surface area contributed by atoms with Crippen LogP contribution in [0.1, 0.15) is 36.8 Å². The molecule has 0 aliphatic heterocycles. The van der Waals surface area contributed by atoms with Crippen LogP contribution in [0.15, 0.2) is 18.2 Å². The first-order chi connectivity index (χ1) is 9.35. The maximum atomic E-state index is 9.08. The number of hydrogen-bond donors (Lipinski definition) is 1. The van der Waals surface area contributed by atoms with Gasteiger partial charge in [-0.3, -0.25) is 5.32 Å². The number of benzene rings is 1. The van der Waals surface area contributed by atoms with E-state index in [2.05, 4.69) is 23.5 Å². The quantitative estimate of drug-likeness (QED) is 0.880. The zero-order valence-corrected chi connectivity index (χ0v) is 11.2. The van der Waals surface area contributed by atoms with Crippen LogP contribution in [-0.4, -0.2) is 18.7 Å². The minimum Gasteiger partial charge on any atom is -0.491 e. The van der Waals surface area contributed by atoms with Crippen molar-refractivity contribution < 1.29 is 4.74 Å². The molecule has 3 nitrogen and oxygen atoms in total. The van der Waals surface area contributed by atoms with Crippen molar-refractivity contribution in [1.82, 2.24) is 5.32 Å². The van der Waals surface area contributed by atoms with Crippen molar-refractivity contribution in [3.8, 4) is 11.8 Å². The smallest absolute Gasteiger partial charge is 0.130 e. The number of fused-ring (bicyclic) bond motifs is 1. The Balaban J connectivity index is 1.58. The lowest BCUT2D eigenvalue weighted by Gasteiger charge is -2.18. The van der Waals surface area contributed by atoms with Crippen molar-refractivity contribution in [2.45, 2.75) is 50.6 Å². The maximum Gasteiger partial charge on any atom is 0.130 e. The highest BCUT2D eigenvalue weighted by Gasteiger charge is 2.24. The van der Waals surface area contributed by atoms with E-state index in [0.29, 0.717) is 12.6 Å². The number of hydrogen-bond acceptors (Lipinski definition) is 3. The van der Waals surface area contributed by atoms with E-state index < -0.39 is 0 Å². The third-order valence-electron chi connectivity index (χ3n) is 3.91. The van der Waals surface area contributed by atoms with Gasteiger partial charge < -0.3 is 4.74 Å². The van der Waals surface area contributed by atoms with E-state index in [1.807, 2.05) is 6.07 Å². The average Bonchev–Trinajstić information content (AvgIpc) is 3.27. The van der Waals surface area contributed by atoms with Crippen molar-refractivity contribution in [3.05, 3.63) is 29.3 Å². The fourth-order valence-corrected chi connectivity index (χ4v) is 2.64. The maximum absolute atomic E-state index is 9.08. The molecule has 1 saturated carbocycles. The monoisotopic (exact) mass is 256 g/mol. The molecule has 3 heteroatoms. The SMILES string of the molecule is N#CC(COc1ccc2c(c1)CCCC2)NC1CC1. The second-order valence-electron chi connectivity index (χ2n) is 5.57. The first kappa shape index (κ1) is 12.5. The van der Waals surface area contributed by atoms with Gasteiger partial charge in [0, 0.05) is 6.04 Å². The van der Waals surface area contributed by atoms with E-state index in [0.717, 1.165) is 12.2 Å². The Labute approximate surface area is 114 Å². The lowest BCUT2D eigenvalue weighted by atomic mass is 9.92. The van der Waals surface area contributed by atoms with Gasteiger partial charge in [-0.2, -0.15) is 5.26 Å². The van der Waals surface area contributed by atoms with Gasteiger partial charge in [-0.05, 0) is 61.8 Å². The standard InChI is InChI=1S/C16H20N2O/c17-10-15(18-14-6-7-14)11-19-16-8-5-12-3-1-2-4-13(12)9-16/h5,8-9,14-15,18H,1-4,6-7,11H2. The second kappa shape index (κ2) is 5.63. The Morgan fingerprint density at radius 3 is 2.79 bits per heavy atom. The molecule has 0 amide bonds. The van der Waals surface area contributed by atoms with Gasteiger partial charge in [0.1, 0.15) is 18.4 Å². The minimum atomic E-state index is -0.191. The molecule has 0 saturated heterocycles. The average molecular weight is 256 g/mol. The minimum absolute atomic E-state index is 0.191. The van der Waals surface area contributed by atoms with Gasteiger partial charge in [-0.25, -0.2) is 0 Å². The predicted molar refractivity (Wildman–Crippen MR) is 74.1 cm³/mol. The molecule has 3 rings (SSSR count). The highest BCUT2D eigenvalue weighted by molar-refractivity contribution is 5.37. The lowest BCUT2D eigenvalue weighted by molar-refractivity contribution is 0.288. The van der Waals surface area contributed by atoms with Crippen molar-refractivity contribution in [3.63, 3.8) is 0 Å². The Kier molecular flexibility index (Phi) is 3.70.